The van der Waals surface area contributed by atoms with Gasteiger partial charge in [-0.25, -0.2) is 8.42 Å². The third kappa shape index (κ3) is 7.52. The molecule has 0 aliphatic carbocycles. The first-order chi connectivity index (χ1) is 18.9. The standard InChI is InChI=1S/C31H33N3O4S/c1-3-38-29-15-17-30(18-16-29)39(36,37)34(23-26-8-7-19-32-21-26)22-25-11-13-28(14-12-25)31(35)33-20-24(2)27-9-5-4-6-10-27/h4-19,21,24H,3,20,22-23H2,1-2H3,(H,33,35). The molecule has 4 aromatic rings. The van der Waals surface area contributed by atoms with Gasteiger partial charge in [0.15, 0.2) is 0 Å². The van der Waals surface area contributed by atoms with Crippen molar-refractivity contribution in [2.75, 3.05) is 13.2 Å². The Bertz CT molecular complexity index is 1440. The third-order valence-corrected chi connectivity index (χ3v) is 8.17. The normalized spacial score (nSPS) is 12.2. The summed E-state index contributed by atoms with van der Waals surface area (Å²) in [6.07, 6.45) is 3.31. The molecule has 0 fully saturated rings. The minimum absolute atomic E-state index is 0.136. The van der Waals surface area contributed by atoms with E-state index >= 15 is 0 Å². The molecule has 7 nitrogen and oxygen atoms in total. The number of pyridine rings is 1. The largest absolute Gasteiger partial charge is 0.494 e. The first-order valence-corrected chi connectivity index (χ1v) is 14.3. The summed E-state index contributed by atoms with van der Waals surface area (Å²) in [6, 6.07) is 27.1. The molecule has 0 aliphatic rings. The monoisotopic (exact) mass is 543 g/mol. The molecule has 0 saturated carbocycles. The Hall–Kier alpha value is -4.01. The van der Waals surface area contributed by atoms with Crippen molar-refractivity contribution in [1.29, 1.82) is 0 Å². The van der Waals surface area contributed by atoms with Crippen LogP contribution >= 0.6 is 0 Å². The van der Waals surface area contributed by atoms with Crippen LogP contribution in [-0.2, 0) is 23.1 Å². The number of hydrogen-bond acceptors (Lipinski definition) is 5. The van der Waals surface area contributed by atoms with Gasteiger partial charge in [-0.15, -0.1) is 0 Å². The molecule has 1 amide bonds. The number of rotatable bonds is 12. The molecule has 1 N–H and O–H groups in total. The second-order valence-corrected chi connectivity index (χ2v) is 11.2. The van der Waals surface area contributed by atoms with E-state index in [1.807, 2.05) is 43.3 Å². The number of carbonyl (C=O) groups excluding carboxylic acids is 1. The van der Waals surface area contributed by atoms with Crippen molar-refractivity contribution in [1.82, 2.24) is 14.6 Å². The molecule has 1 unspecified atom stereocenters. The zero-order chi connectivity index (χ0) is 27.7. The predicted molar refractivity (Wildman–Crippen MR) is 152 cm³/mol. The highest BCUT2D eigenvalue weighted by Crippen LogP contribution is 2.24. The molecule has 1 atom stereocenters. The van der Waals surface area contributed by atoms with E-state index in [1.54, 1.807) is 67.0 Å². The Morgan fingerprint density at radius 1 is 0.897 bits per heavy atom. The molecule has 39 heavy (non-hydrogen) atoms. The number of benzene rings is 3. The summed E-state index contributed by atoms with van der Waals surface area (Å²) in [5.41, 5.74) is 3.22. The summed E-state index contributed by atoms with van der Waals surface area (Å²) >= 11 is 0. The molecule has 202 valence electrons. The SMILES string of the molecule is CCOc1ccc(S(=O)(=O)N(Cc2ccc(C(=O)NCC(C)c3ccccc3)cc2)Cc2cccnc2)cc1. The Morgan fingerprint density at radius 2 is 1.59 bits per heavy atom. The van der Waals surface area contributed by atoms with E-state index in [9.17, 15) is 13.2 Å². The Morgan fingerprint density at radius 3 is 2.23 bits per heavy atom. The number of ether oxygens (including phenoxy) is 1. The van der Waals surface area contributed by atoms with Gasteiger partial charge >= 0.3 is 0 Å². The van der Waals surface area contributed by atoms with E-state index < -0.39 is 10.0 Å². The van der Waals surface area contributed by atoms with Crippen LogP contribution in [0.4, 0.5) is 0 Å². The average Bonchev–Trinajstić information content (AvgIpc) is 2.97. The van der Waals surface area contributed by atoms with Crippen LogP contribution in [0.1, 0.15) is 46.8 Å². The molecule has 0 spiro atoms. The molecule has 4 rings (SSSR count). The molecule has 1 heterocycles. The molecular weight excluding hydrogens is 510 g/mol. The van der Waals surface area contributed by atoms with E-state index in [0.717, 1.165) is 16.7 Å². The van der Waals surface area contributed by atoms with Gasteiger partial charge in [0.2, 0.25) is 10.0 Å². The topological polar surface area (TPSA) is 88.6 Å². The molecular formula is C31H33N3O4S. The van der Waals surface area contributed by atoms with Crippen LogP contribution in [0, 0.1) is 0 Å². The van der Waals surface area contributed by atoms with Crippen LogP contribution in [0.5, 0.6) is 5.75 Å². The fourth-order valence-corrected chi connectivity index (χ4v) is 5.57. The lowest BCUT2D eigenvalue weighted by Crippen LogP contribution is -2.30. The number of amides is 1. The van der Waals surface area contributed by atoms with Crippen LogP contribution < -0.4 is 10.1 Å². The lowest BCUT2D eigenvalue weighted by molar-refractivity contribution is 0.0951. The van der Waals surface area contributed by atoms with Gasteiger partial charge in [-0.3, -0.25) is 9.78 Å². The predicted octanol–water partition coefficient (Wildman–Crippen LogP) is 5.40. The van der Waals surface area contributed by atoms with E-state index in [0.29, 0.717) is 24.5 Å². The van der Waals surface area contributed by atoms with Crippen LogP contribution in [0.25, 0.3) is 0 Å². The van der Waals surface area contributed by atoms with Crippen molar-refractivity contribution in [3.05, 3.63) is 126 Å². The van der Waals surface area contributed by atoms with Gasteiger partial charge in [0.25, 0.3) is 5.91 Å². The van der Waals surface area contributed by atoms with E-state index in [1.165, 1.54) is 4.31 Å². The van der Waals surface area contributed by atoms with Crippen molar-refractivity contribution < 1.29 is 17.9 Å². The number of nitrogens with zero attached hydrogens (tertiary/aromatic N) is 2. The number of sulfonamides is 1. The van der Waals surface area contributed by atoms with Crippen molar-refractivity contribution in [2.45, 2.75) is 37.8 Å². The van der Waals surface area contributed by atoms with Crippen molar-refractivity contribution in [3.63, 3.8) is 0 Å². The van der Waals surface area contributed by atoms with E-state index in [2.05, 4.69) is 17.2 Å². The quantitative estimate of drug-likeness (QED) is 0.258. The smallest absolute Gasteiger partial charge is 0.251 e. The lowest BCUT2D eigenvalue weighted by atomic mass is 10.0. The molecule has 0 aliphatic heterocycles. The fraction of sp³-hybridized carbons (Fsp3) is 0.226. The van der Waals surface area contributed by atoms with Crippen LogP contribution in [0.3, 0.4) is 0 Å². The van der Waals surface area contributed by atoms with Gasteiger partial charge < -0.3 is 10.1 Å². The summed E-state index contributed by atoms with van der Waals surface area (Å²) in [4.78, 5) is 17.0. The number of aromatic nitrogens is 1. The fourth-order valence-electron chi connectivity index (χ4n) is 4.16. The highest BCUT2D eigenvalue weighted by molar-refractivity contribution is 7.89. The van der Waals surface area contributed by atoms with Crippen molar-refractivity contribution in [2.24, 2.45) is 0 Å². The Labute approximate surface area is 230 Å². The second kappa shape index (κ2) is 13.2. The summed E-state index contributed by atoms with van der Waals surface area (Å²) < 4.78 is 34.2. The van der Waals surface area contributed by atoms with Crippen LogP contribution in [-0.4, -0.2) is 36.8 Å². The summed E-state index contributed by atoms with van der Waals surface area (Å²) in [6.45, 7) is 5.25. The van der Waals surface area contributed by atoms with Crippen LogP contribution in [0.15, 0.2) is 108 Å². The van der Waals surface area contributed by atoms with Gasteiger partial charge in [-0.05, 0) is 72.0 Å². The van der Waals surface area contributed by atoms with Gasteiger partial charge in [0.05, 0.1) is 11.5 Å². The van der Waals surface area contributed by atoms with Gasteiger partial charge in [-0.1, -0.05) is 55.5 Å². The van der Waals surface area contributed by atoms with Crippen molar-refractivity contribution in [3.8, 4) is 5.75 Å². The van der Waals surface area contributed by atoms with Gasteiger partial charge in [0.1, 0.15) is 5.75 Å². The highest BCUT2D eigenvalue weighted by Gasteiger charge is 2.25. The maximum atomic E-state index is 13.7. The van der Waals surface area contributed by atoms with Crippen molar-refractivity contribution >= 4 is 15.9 Å². The molecule has 0 radical (unpaired) electrons. The molecule has 3 aromatic carbocycles. The molecule has 0 saturated heterocycles. The molecule has 1 aromatic heterocycles. The summed E-state index contributed by atoms with van der Waals surface area (Å²) in [7, 11) is -3.83. The van der Waals surface area contributed by atoms with E-state index in [4.69, 9.17) is 4.74 Å². The third-order valence-electron chi connectivity index (χ3n) is 6.37. The zero-order valence-electron chi connectivity index (χ0n) is 22.2. The Balaban J connectivity index is 1.48. The number of nitrogens with one attached hydrogen (secondary N) is 1. The maximum Gasteiger partial charge on any atom is 0.251 e. The highest BCUT2D eigenvalue weighted by atomic mass is 32.2. The molecule has 0 bridgehead atoms. The Kier molecular flexibility index (Phi) is 9.46. The van der Waals surface area contributed by atoms with E-state index in [-0.39, 0.29) is 29.8 Å². The minimum Gasteiger partial charge on any atom is -0.494 e. The van der Waals surface area contributed by atoms with Gasteiger partial charge in [-0.2, -0.15) is 4.31 Å². The molecule has 8 heteroatoms. The first-order valence-electron chi connectivity index (χ1n) is 12.9. The summed E-state index contributed by atoms with van der Waals surface area (Å²) in [5.74, 6) is 0.629. The number of hydrogen-bond donors (Lipinski definition) is 1. The van der Waals surface area contributed by atoms with Gasteiger partial charge in [0, 0.05) is 37.6 Å². The second-order valence-electron chi connectivity index (χ2n) is 9.26. The summed E-state index contributed by atoms with van der Waals surface area (Å²) in [5, 5.41) is 2.99. The first kappa shape index (κ1) is 28.0. The minimum atomic E-state index is -3.83. The number of carbonyl (C=O) groups is 1. The van der Waals surface area contributed by atoms with Crippen LogP contribution in [0.2, 0.25) is 0 Å². The average molecular weight is 544 g/mol. The maximum absolute atomic E-state index is 13.7. The zero-order valence-corrected chi connectivity index (χ0v) is 23.0. The lowest BCUT2D eigenvalue weighted by Gasteiger charge is -2.23.